The van der Waals surface area contributed by atoms with Gasteiger partial charge >= 0.3 is 0 Å². The van der Waals surface area contributed by atoms with Crippen molar-refractivity contribution in [1.29, 1.82) is 0 Å². The average Bonchev–Trinajstić information content (AvgIpc) is 2.46. The summed E-state index contributed by atoms with van der Waals surface area (Å²) in [6, 6.07) is 4.90. The van der Waals surface area contributed by atoms with E-state index in [-0.39, 0.29) is 17.9 Å². The molecule has 6 heteroatoms. The third-order valence-electron chi connectivity index (χ3n) is 3.61. The van der Waals surface area contributed by atoms with Crippen molar-refractivity contribution in [1.82, 2.24) is 10.2 Å². The number of carbonyl (C=O) groups is 2. The van der Waals surface area contributed by atoms with E-state index in [0.717, 1.165) is 11.3 Å². The van der Waals surface area contributed by atoms with Crippen molar-refractivity contribution in [2.75, 3.05) is 18.5 Å². The van der Waals surface area contributed by atoms with Gasteiger partial charge in [0, 0.05) is 18.7 Å². The smallest absolute Gasteiger partial charge is 0.254 e. The van der Waals surface area contributed by atoms with Gasteiger partial charge in [0.05, 0.1) is 5.69 Å². The molecule has 108 valence electrons. The molecule has 1 aliphatic rings. The zero-order valence-corrected chi connectivity index (χ0v) is 11.8. The van der Waals surface area contributed by atoms with Crippen LogP contribution >= 0.6 is 0 Å². The number of anilines is 1. The minimum Gasteiger partial charge on any atom is -0.353 e. The number of nitrogens with two attached hydrogens (primary N) is 1. The Bertz CT molecular complexity index is 530. The number of amides is 2. The van der Waals surface area contributed by atoms with Crippen molar-refractivity contribution in [2.45, 2.75) is 26.3 Å². The Morgan fingerprint density at radius 3 is 2.90 bits per heavy atom. The highest BCUT2D eigenvalue weighted by molar-refractivity contribution is 5.98. The lowest BCUT2D eigenvalue weighted by atomic mass is 10.1. The van der Waals surface area contributed by atoms with Gasteiger partial charge in [0.15, 0.2) is 0 Å². The number of aryl methyl sites for hydroxylation is 1. The van der Waals surface area contributed by atoms with E-state index in [4.69, 9.17) is 5.84 Å². The molecule has 0 spiro atoms. The molecule has 1 aromatic carbocycles. The maximum Gasteiger partial charge on any atom is 0.254 e. The fourth-order valence-electron chi connectivity index (χ4n) is 2.49. The predicted molar refractivity (Wildman–Crippen MR) is 77.1 cm³/mol. The highest BCUT2D eigenvalue weighted by atomic mass is 16.2. The third kappa shape index (κ3) is 2.60. The van der Waals surface area contributed by atoms with Crippen LogP contribution in [0.15, 0.2) is 18.2 Å². The van der Waals surface area contributed by atoms with E-state index >= 15 is 0 Å². The zero-order chi connectivity index (χ0) is 14.7. The first-order chi connectivity index (χ1) is 9.58. The van der Waals surface area contributed by atoms with Crippen LogP contribution in [0, 0.1) is 6.92 Å². The van der Waals surface area contributed by atoms with Crippen molar-refractivity contribution in [3.63, 3.8) is 0 Å². The molecule has 0 bridgehead atoms. The fraction of sp³-hybridized carbons (Fsp3) is 0.429. The lowest BCUT2D eigenvalue weighted by molar-refractivity contribution is -0.127. The van der Waals surface area contributed by atoms with Crippen LogP contribution in [0.4, 0.5) is 5.69 Å². The fourth-order valence-corrected chi connectivity index (χ4v) is 2.49. The Morgan fingerprint density at radius 2 is 2.30 bits per heavy atom. The Morgan fingerprint density at radius 1 is 1.55 bits per heavy atom. The van der Waals surface area contributed by atoms with E-state index in [9.17, 15) is 9.59 Å². The molecule has 2 rings (SSSR count). The Balaban J connectivity index is 2.25. The van der Waals surface area contributed by atoms with Gasteiger partial charge in [0.1, 0.15) is 6.04 Å². The molecule has 1 aliphatic heterocycles. The van der Waals surface area contributed by atoms with Crippen LogP contribution < -0.4 is 16.6 Å². The minimum atomic E-state index is -0.385. The second kappa shape index (κ2) is 5.92. The summed E-state index contributed by atoms with van der Waals surface area (Å²) in [4.78, 5) is 26.0. The molecule has 1 heterocycles. The van der Waals surface area contributed by atoms with Crippen molar-refractivity contribution >= 4 is 17.5 Å². The molecule has 6 nitrogen and oxygen atoms in total. The van der Waals surface area contributed by atoms with Crippen molar-refractivity contribution in [3.8, 4) is 0 Å². The van der Waals surface area contributed by atoms with Crippen LogP contribution in [-0.2, 0) is 4.79 Å². The monoisotopic (exact) mass is 276 g/mol. The Kier molecular flexibility index (Phi) is 4.24. The topological polar surface area (TPSA) is 87.5 Å². The number of piperazine rings is 1. The molecular formula is C14H20N4O2. The van der Waals surface area contributed by atoms with E-state index in [1.807, 2.05) is 13.8 Å². The van der Waals surface area contributed by atoms with Crippen LogP contribution in [0.25, 0.3) is 0 Å². The molecule has 1 unspecified atom stereocenters. The second-order valence-corrected chi connectivity index (χ2v) is 4.89. The van der Waals surface area contributed by atoms with Crippen LogP contribution in [0.3, 0.4) is 0 Å². The summed E-state index contributed by atoms with van der Waals surface area (Å²) in [5.74, 6) is 5.19. The first-order valence-electron chi connectivity index (χ1n) is 6.74. The first-order valence-corrected chi connectivity index (χ1v) is 6.74. The summed E-state index contributed by atoms with van der Waals surface area (Å²) in [5, 5.41) is 2.79. The Labute approximate surface area is 118 Å². The number of nitrogen functional groups attached to an aromatic ring is 1. The van der Waals surface area contributed by atoms with Crippen LogP contribution in [0.1, 0.15) is 29.3 Å². The van der Waals surface area contributed by atoms with Crippen LogP contribution in [-0.4, -0.2) is 35.8 Å². The van der Waals surface area contributed by atoms with Gasteiger partial charge < -0.3 is 15.6 Å². The number of hydrazine groups is 1. The van der Waals surface area contributed by atoms with Gasteiger partial charge in [0.25, 0.3) is 5.91 Å². The molecule has 0 radical (unpaired) electrons. The van der Waals surface area contributed by atoms with Crippen molar-refractivity contribution in [2.24, 2.45) is 5.84 Å². The van der Waals surface area contributed by atoms with Crippen LogP contribution in [0.5, 0.6) is 0 Å². The molecule has 1 atom stereocenters. The number of hydrogen-bond acceptors (Lipinski definition) is 4. The number of hydrogen-bond donors (Lipinski definition) is 3. The van der Waals surface area contributed by atoms with Crippen LogP contribution in [0.2, 0.25) is 0 Å². The van der Waals surface area contributed by atoms with E-state index in [0.29, 0.717) is 25.1 Å². The molecule has 0 aromatic heterocycles. The second-order valence-electron chi connectivity index (χ2n) is 4.89. The summed E-state index contributed by atoms with van der Waals surface area (Å²) >= 11 is 0. The van der Waals surface area contributed by atoms with E-state index < -0.39 is 0 Å². The molecule has 20 heavy (non-hydrogen) atoms. The molecule has 0 aliphatic carbocycles. The number of nitrogens with one attached hydrogen (secondary N) is 2. The highest BCUT2D eigenvalue weighted by Crippen LogP contribution is 2.19. The van der Waals surface area contributed by atoms with Gasteiger partial charge in [-0.05, 0) is 37.1 Å². The third-order valence-corrected chi connectivity index (χ3v) is 3.61. The highest BCUT2D eigenvalue weighted by Gasteiger charge is 2.32. The van der Waals surface area contributed by atoms with Gasteiger partial charge in [0.2, 0.25) is 5.91 Å². The van der Waals surface area contributed by atoms with Crippen molar-refractivity contribution in [3.05, 3.63) is 29.3 Å². The zero-order valence-electron chi connectivity index (χ0n) is 11.8. The summed E-state index contributed by atoms with van der Waals surface area (Å²) in [6.45, 7) is 4.83. The number of benzene rings is 1. The molecular weight excluding hydrogens is 256 g/mol. The molecule has 0 saturated carbocycles. The normalized spacial score (nSPS) is 18.6. The molecule has 4 N–H and O–H groups in total. The standard InChI is InChI=1S/C14H20N4O2/c1-3-12-13(19)16-6-7-18(12)14(20)10-4-5-11(17-15)9(2)8-10/h4-5,8,12,17H,3,6-7,15H2,1-2H3,(H,16,19). The maximum absolute atomic E-state index is 12.6. The largest absolute Gasteiger partial charge is 0.353 e. The maximum atomic E-state index is 12.6. The molecule has 1 saturated heterocycles. The molecule has 1 fully saturated rings. The predicted octanol–water partition coefficient (Wildman–Crippen LogP) is 0.631. The average molecular weight is 276 g/mol. The lowest BCUT2D eigenvalue weighted by Crippen LogP contribution is -2.56. The summed E-state index contributed by atoms with van der Waals surface area (Å²) in [5.41, 5.74) is 4.84. The Hall–Kier alpha value is -2.08. The SMILES string of the molecule is CCC1C(=O)NCCN1C(=O)c1ccc(NN)c(C)c1. The minimum absolute atomic E-state index is 0.0796. The van der Waals surface area contributed by atoms with E-state index in [1.165, 1.54) is 0 Å². The summed E-state index contributed by atoms with van der Waals surface area (Å²) in [6.07, 6.45) is 0.610. The van der Waals surface area contributed by atoms with E-state index in [1.54, 1.807) is 23.1 Å². The molecule has 1 aromatic rings. The number of rotatable bonds is 3. The molecule has 2 amide bonds. The number of nitrogens with zero attached hydrogens (tertiary/aromatic N) is 1. The lowest BCUT2D eigenvalue weighted by Gasteiger charge is -2.34. The van der Waals surface area contributed by atoms with Crippen molar-refractivity contribution < 1.29 is 9.59 Å². The summed E-state index contributed by atoms with van der Waals surface area (Å²) < 4.78 is 0. The van der Waals surface area contributed by atoms with Gasteiger partial charge in [-0.15, -0.1) is 0 Å². The van der Waals surface area contributed by atoms with Gasteiger partial charge in [-0.25, -0.2) is 0 Å². The van der Waals surface area contributed by atoms with Gasteiger partial charge in [-0.2, -0.15) is 0 Å². The number of carbonyl (C=O) groups excluding carboxylic acids is 2. The van der Waals surface area contributed by atoms with E-state index in [2.05, 4.69) is 10.7 Å². The van der Waals surface area contributed by atoms with Gasteiger partial charge in [-0.3, -0.25) is 15.4 Å². The first kappa shape index (κ1) is 14.3. The quantitative estimate of drug-likeness (QED) is 0.558. The van der Waals surface area contributed by atoms with Gasteiger partial charge in [-0.1, -0.05) is 6.92 Å². The summed E-state index contributed by atoms with van der Waals surface area (Å²) in [7, 11) is 0.